The van der Waals surface area contributed by atoms with Gasteiger partial charge in [-0.1, -0.05) is 23.8 Å². The predicted molar refractivity (Wildman–Crippen MR) is 93.0 cm³/mol. The van der Waals surface area contributed by atoms with Crippen LogP contribution in [0, 0.1) is 24.1 Å². The number of phenolic OH excluding ortho intramolecular Hbond substituents is 1. The second-order valence-corrected chi connectivity index (χ2v) is 5.73. The molecule has 0 amide bonds. The van der Waals surface area contributed by atoms with E-state index in [2.05, 4.69) is 0 Å². The average Bonchev–Trinajstić information content (AvgIpc) is 2.64. The number of benzene rings is 2. The zero-order valence-corrected chi connectivity index (χ0v) is 13.7. The summed E-state index contributed by atoms with van der Waals surface area (Å²) in [6.45, 7) is 1.76. The number of pyridine rings is 1. The Labute approximate surface area is 148 Å². The molecule has 0 aliphatic rings. The lowest BCUT2D eigenvalue weighted by molar-refractivity contribution is 0.103. The van der Waals surface area contributed by atoms with Gasteiger partial charge in [-0.2, -0.15) is 5.26 Å². The van der Waals surface area contributed by atoms with E-state index in [1.54, 1.807) is 19.1 Å². The van der Waals surface area contributed by atoms with Crippen molar-refractivity contribution in [3.63, 3.8) is 0 Å². The Bertz CT molecular complexity index is 1130. The van der Waals surface area contributed by atoms with Crippen LogP contribution < -0.4 is 5.56 Å². The van der Waals surface area contributed by atoms with Crippen LogP contribution in [0.3, 0.4) is 0 Å². The van der Waals surface area contributed by atoms with Crippen molar-refractivity contribution in [2.75, 3.05) is 0 Å². The van der Waals surface area contributed by atoms with Gasteiger partial charge in [-0.25, -0.2) is 4.39 Å². The van der Waals surface area contributed by atoms with Gasteiger partial charge < -0.3 is 5.11 Å². The second kappa shape index (κ2) is 6.65. The van der Waals surface area contributed by atoms with Crippen LogP contribution in [0.15, 0.2) is 59.5 Å². The van der Waals surface area contributed by atoms with E-state index in [9.17, 15) is 24.3 Å². The minimum absolute atomic E-state index is 0.00898. The van der Waals surface area contributed by atoms with Crippen molar-refractivity contribution in [2.24, 2.45) is 0 Å². The first-order valence-corrected chi connectivity index (χ1v) is 7.68. The summed E-state index contributed by atoms with van der Waals surface area (Å²) in [5.41, 5.74) is -0.321. The number of nitriles is 1. The maximum atomic E-state index is 14.1. The molecule has 1 aromatic heterocycles. The van der Waals surface area contributed by atoms with Gasteiger partial charge in [-0.15, -0.1) is 0 Å². The third-order valence-corrected chi connectivity index (χ3v) is 3.91. The van der Waals surface area contributed by atoms with Crippen molar-refractivity contribution in [3.8, 4) is 17.5 Å². The summed E-state index contributed by atoms with van der Waals surface area (Å²) < 4.78 is 15.0. The largest absolute Gasteiger partial charge is 0.507 e. The second-order valence-electron chi connectivity index (χ2n) is 5.73. The number of hydrogen-bond donors (Lipinski definition) is 1. The molecule has 0 radical (unpaired) electrons. The van der Waals surface area contributed by atoms with Crippen molar-refractivity contribution in [3.05, 3.63) is 93.2 Å². The molecule has 1 N–H and O–H groups in total. The summed E-state index contributed by atoms with van der Waals surface area (Å²) in [5, 5.41) is 19.2. The van der Waals surface area contributed by atoms with E-state index >= 15 is 0 Å². The standard InChI is InChI=1S/C20H13FN2O3/c1-12-6-7-18(24)15(8-12)19(25)14-9-13(10-22)20(26)23(11-14)17-5-3-2-4-16(17)21/h2-9,11,24H,1H3. The Morgan fingerprint density at radius 1 is 1.19 bits per heavy atom. The fourth-order valence-electron chi connectivity index (χ4n) is 2.60. The van der Waals surface area contributed by atoms with Crippen LogP contribution in [-0.2, 0) is 0 Å². The molecule has 3 aromatic rings. The summed E-state index contributed by atoms with van der Waals surface area (Å²) in [6, 6.07) is 13.0. The van der Waals surface area contributed by atoms with E-state index in [1.165, 1.54) is 42.6 Å². The Morgan fingerprint density at radius 3 is 2.62 bits per heavy atom. The van der Waals surface area contributed by atoms with Crippen LogP contribution in [0.1, 0.15) is 27.0 Å². The fourth-order valence-corrected chi connectivity index (χ4v) is 2.60. The molecule has 0 fully saturated rings. The van der Waals surface area contributed by atoms with Crippen molar-refractivity contribution in [1.82, 2.24) is 4.57 Å². The van der Waals surface area contributed by atoms with Gasteiger partial charge in [0.2, 0.25) is 0 Å². The summed E-state index contributed by atoms with van der Waals surface area (Å²) in [7, 11) is 0. The zero-order chi connectivity index (χ0) is 18.8. The molecule has 3 rings (SSSR count). The van der Waals surface area contributed by atoms with Gasteiger partial charge in [-0.05, 0) is 37.3 Å². The Morgan fingerprint density at radius 2 is 1.92 bits per heavy atom. The highest BCUT2D eigenvalue weighted by atomic mass is 19.1. The van der Waals surface area contributed by atoms with Gasteiger partial charge in [0.25, 0.3) is 5.56 Å². The number of aromatic nitrogens is 1. The van der Waals surface area contributed by atoms with Gasteiger partial charge in [0.05, 0.1) is 11.3 Å². The molecule has 0 spiro atoms. The molecule has 0 saturated heterocycles. The maximum Gasteiger partial charge on any atom is 0.273 e. The average molecular weight is 348 g/mol. The third kappa shape index (κ3) is 2.98. The lowest BCUT2D eigenvalue weighted by Crippen LogP contribution is -2.23. The van der Waals surface area contributed by atoms with Crippen molar-refractivity contribution in [1.29, 1.82) is 5.26 Å². The van der Waals surface area contributed by atoms with E-state index in [4.69, 9.17) is 0 Å². The third-order valence-electron chi connectivity index (χ3n) is 3.91. The number of aryl methyl sites for hydroxylation is 1. The Hall–Kier alpha value is -3.72. The molecule has 26 heavy (non-hydrogen) atoms. The van der Waals surface area contributed by atoms with Crippen LogP contribution in [0.25, 0.3) is 5.69 Å². The minimum Gasteiger partial charge on any atom is -0.507 e. The quantitative estimate of drug-likeness (QED) is 0.737. The molecule has 5 nitrogen and oxygen atoms in total. The van der Waals surface area contributed by atoms with Crippen LogP contribution in [-0.4, -0.2) is 15.5 Å². The van der Waals surface area contributed by atoms with Crippen molar-refractivity contribution in [2.45, 2.75) is 6.92 Å². The molecule has 128 valence electrons. The molecule has 1 heterocycles. The van der Waals surface area contributed by atoms with E-state index < -0.39 is 17.2 Å². The molecular weight excluding hydrogens is 335 g/mol. The van der Waals surface area contributed by atoms with Crippen LogP contribution in [0.5, 0.6) is 5.75 Å². The number of aromatic hydroxyl groups is 1. The van der Waals surface area contributed by atoms with Crippen molar-refractivity contribution < 1.29 is 14.3 Å². The summed E-state index contributed by atoms with van der Waals surface area (Å²) in [4.78, 5) is 25.2. The van der Waals surface area contributed by atoms with E-state index in [0.29, 0.717) is 0 Å². The highest BCUT2D eigenvalue weighted by Crippen LogP contribution is 2.22. The molecule has 0 bridgehead atoms. The van der Waals surface area contributed by atoms with Crippen molar-refractivity contribution >= 4 is 5.78 Å². The molecule has 0 saturated carbocycles. The number of rotatable bonds is 3. The fraction of sp³-hybridized carbons (Fsp3) is 0.0500. The predicted octanol–water partition coefficient (Wildman–Crippen LogP) is 3.09. The minimum atomic E-state index is -0.734. The number of nitrogens with zero attached hydrogens (tertiary/aromatic N) is 2. The number of hydrogen-bond acceptors (Lipinski definition) is 4. The summed E-state index contributed by atoms with van der Waals surface area (Å²) >= 11 is 0. The number of phenols is 1. The van der Waals surface area contributed by atoms with Gasteiger partial charge in [-0.3, -0.25) is 14.2 Å². The van der Waals surface area contributed by atoms with Crippen LogP contribution in [0.2, 0.25) is 0 Å². The molecule has 6 heteroatoms. The van der Waals surface area contributed by atoms with Crippen LogP contribution >= 0.6 is 0 Å². The number of halogens is 1. The Kier molecular flexibility index (Phi) is 4.38. The van der Waals surface area contributed by atoms with Gasteiger partial charge in [0.15, 0.2) is 5.78 Å². The molecular formula is C20H13FN2O3. The maximum absolute atomic E-state index is 14.1. The molecule has 0 aliphatic heterocycles. The van der Waals surface area contributed by atoms with E-state index in [0.717, 1.165) is 16.2 Å². The van der Waals surface area contributed by atoms with Crippen LogP contribution in [0.4, 0.5) is 4.39 Å². The van der Waals surface area contributed by atoms with E-state index in [1.807, 2.05) is 0 Å². The Balaban J connectivity index is 2.24. The van der Waals surface area contributed by atoms with Gasteiger partial charge in [0.1, 0.15) is 23.2 Å². The summed E-state index contributed by atoms with van der Waals surface area (Å²) in [5.74, 6) is -1.46. The lowest BCUT2D eigenvalue weighted by Gasteiger charge is -2.11. The first-order valence-electron chi connectivity index (χ1n) is 7.68. The van der Waals surface area contributed by atoms with Gasteiger partial charge in [0, 0.05) is 11.8 Å². The first-order chi connectivity index (χ1) is 12.4. The lowest BCUT2D eigenvalue weighted by atomic mass is 10.0. The first kappa shape index (κ1) is 17.1. The number of carbonyl (C=O) groups excluding carboxylic acids is 1. The number of carbonyl (C=O) groups is 1. The normalized spacial score (nSPS) is 10.3. The summed E-state index contributed by atoms with van der Waals surface area (Å²) in [6.07, 6.45) is 1.17. The zero-order valence-electron chi connectivity index (χ0n) is 13.7. The number of ketones is 1. The SMILES string of the molecule is Cc1ccc(O)c(C(=O)c2cc(C#N)c(=O)n(-c3ccccc3F)c2)c1. The van der Waals surface area contributed by atoms with Gasteiger partial charge >= 0.3 is 0 Å². The molecule has 2 aromatic carbocycles. The van der Waals surface area contributed by atoms with E-state index in [-0.39, 0.29) is 28.1 Å². The molecule has 0 atom stereocenters. The number of para-hydroxylation sites is 1. The smallest absolute Gasteiger partial charge is 0.273 e. The monoisotopic (exact) mass is 348 g/mol. The molecule has 0 unspecified atom stereocenters. The topological polar surface area (TPSA) is 83.1 Å². The highest BCUT2D eigenvalue weighted by Gasteiger charge is 2.18. The molecule has 0 aliphatic carbocycles. The highest BCUT2D eigenvalue weighted by molar-refractivity contribution is 6.10.